The lowest BCUT2D eigenvalue weighted by molar-refractivity contribution is -0.172. The van der Waals surface area contributed by atoms with Crippen LogP contribution in [0.15, 0.2) is 30.3 Å². The minimum atomic E-state index is -2.75. The number of hydrogen-bond donors (Lipinski definition) is 1. The first-order chi connectivity index (χ1) is 20.1. The van der Waals surface area contributed by atoms with Crippen LogP contribution in [0, 0.1) is 0 Å². The van der Waals surface area contributed by atoms with Crippen molar-refractivity contribution in [2.45, 2.75) is 69.8 Å². The van der Waals surface area contributed by atoms with E-state index in [1.807, 2.05) is 11.0 Å². The zero-order valence-corrected chi connectivity index (χ0v) is 23.2. The Labute approximate surface area is 238 Å². The SMILES string of the molecule is FC(F)c1nc2ccccc2n1-c1cc(NC2CCC(OCCOC3CCCCO3)CC2)nc(N2CCOCC2)n1. The van der Waals surface area contributed by atoms with Crippen LogP contribution in [0.25, 0.3) is 16.9 Å². The number of nitrogens with one attached hydrogen (secondary N) is 1. The summed E-state index contributed by atoms with van der Waals surface area (Å²) in [5.74, 6) is 1.14. The number of morpholine rings is 1. The van der Waals surface area contributed by atoms with E-state index in [1.165, 1.54) is 4.57 Å². The Bertz CT molecular complexity index is 1270. The maximum atomic E-state index is 14.1. The summed E-state index contributed by atoms with van der Waals surface area (Å²) in [4.78, 5) is 15.8. The van der Waals surface area contributed by atoms with Crippen LogP contribution in [-0.4, -0.2) is 84.1 Å². The number of rotatable bonds is 10. The standard InChI is InChI=1S/C29H38F2N6O4/c30-27(31)28-33-22-5-1-2-6-23(22)37(28)25-19-24(34-29(35-25)36-12-15-38-16-13-36)32-20-8-10-21(11-9-20)39-17-18-41-26-7-3-4-14-40-26/h1-2,5-6,19-21,26-27H,3-4,7-18H2,(H,32,34,35). The van der Waals surface area contributed by atoms with E-state index in [0.29, 0.717) is 68.1 Å². The van der Waals surface area contributed by atoms with Crippen LogP contribution in [0.4, 0.5) is 20.5 Å². The van der Waals surface area contributed by atoms with Gasteiger partial charge in [0.25, 0.3) is 6.43 Å². The van der Waals surface area contributed by atoms with Gasteiger partial charge in [-0.3, -0.25) is 4.57 Å². The van der Waals surface area contributed by atoms with Crippen LogP contribution >= 0.6 is 0 Å². The van der Waals surface area contributed by atoms with Crippen LogP contribution in [0.5, 0.6) is 0 Å². The van der Waals surface area contributed by atoms with Gasteiger partial charge in [-0.05, 0) is 57.1 Å². The van der Waals surface area contributed by atoms with Crippen molar-refractivity contribution in [1.82, 2.24) is 19.5 Å². The molecule has 1 saturated carbocycles. The minimum absolute atomic E-state index is 0.0931. The lowest BCUT2D eigenvalue weighted by atomic mass is 9.93. The average Bonchev–Trinajstić information content (AvgIpc) is 3.41. The Morgan fingerprint density at radius 3 is 2.51 bits per heavy atom. The maximum Gasteiger partial charge on any atom is 0.296 e. The van der Waals surface area contributed by atoms with Crippen LogP contribution in [0.3, 0.4) is 0 Å². The molecule has 0 spiro atoms. The number of fused-ring (bicyclic) bond motifs is 1. The van der Waals surface area contributed by atoms with Gasteiger partial charge in [0.05, 0.1) is 43.6 Å². The fourth-order valence-corrected chi connectivity index (χ4v) is 5.77. The topological polar surface area (TPSA) is 95.8 Å². The smallest absolute Gasteiger partial charge is 0.296 e. The van der Waals surface area contributed by atoms with E-state index in [1.54, 1.807) is 24.3 Å². The van der Waals surface area contributed by atoms with E-state index in [0.717, 1.165) is 51.6 Å². The van der Waals surface area contributed by atoms with Gasteiger partial charge in [-0.15, -0.1) is 0 Å². The predicted octanol–water partition coefficient (Wildman–Crippen LogP) is 4.87. The number of alkyl halides is 2. The molecule has 1 aromatic carbocycles. The number of aromatic nitrogens is 4. The molecule has 6 rings (SSSR count). The first kappa shape index (κ1) is 28.2. The molecule has 41 heavy (non-hydrogen) atoms. The third-order valence-electron chi connectivity index (χ3n) is 7.91. The molecule has 0 bridgehead atoms. The third kappa shape index (κ3) is 6.94. The van der Waals surface area contributed by atoms with Crippen LogP contribution in [0.1, 0.15) is 57.2 Å². The molecular formula is C29H38F2N6O4. The molecule has 3 fully saturated rings. The van der Waals surface area contributed by atoms with Crippen molar-refractivity contribution >= 4 is 22.8 Å². The zero-order chi connectivity index (χ0) is 28.0. The second kappa shape index (κ2) is 13.4. The van der Waals surface area contributed by atoms with Gasteiger partial charge in [0.2, 0.25) is 5.95 Å². The van der Waals surface area contributed by atoms with Crippen LogP contribution < -0.4 is 10.2 Å². The maximum absolute atomic E-state index is 14.1. The summed E-state index contributed by atoms with van der Waals surface area (Å²) in [5, 5.41) is 3.56. The summed E-state index contributed by atoms with van der Waals surface area (Å²) in [6.45, 7) is 4.27. The molecule has 0 amide bonds. The first-order valence-corrected chi connectivity index (χ1v) is 14.7. The molecule has 10 nitrogen and oxygen atoms in total. The summed E-state index contributed by atoms with van der Waals surface area (Å²) in [6.07, 6.45) is 4.24. The Hall–Kier alpha value is -2.93. The van der Waals surface area contributed by atoms with Gasteiger partial charge in [0.1, 0.15) is 11.6 Å². The van der Waals surface area contributed by atoms with Crippen molar-refractivity contribution in [3.05, 3.63) is 36.2 Å². The lowest BCUT2D eigenvalue weighted by Gasteiger charge is -2.31. The van der Waals surface area contributed by atoms with Crippen LogP contribution in [0.2, 0.25) is 0 Å². The summed E-state index contributed by atoms with van der Waals surface area (Å²) >= 11 is 0. The molecule has 1 atom stereocenters. The molecule has 12 heteroatoms. The van der Waals surface area contributed by atoms with E-state index in [9.17, 15) is 8.78 Å². The van der Waals surface area contributed by atoms with Crippen molar-refractivity contribution < 1.29 is 27.7 Å². The van der Waals surface area contributed by atoms with Gasteiger partial charge in [0, 0.05) is 31.8 Å². The van der Waals surface area contributed by atoms with Crippen LogP contribution in [-0.2, 0) is 18.9 Å². The van der Waals surface area contributed by atoms with E-state index >= 15 is 0 Å². The molecule has 2 saturated heterocycles. The van der Waals surface area contributed by atoms with Crippen molar-refractivity contribution in [3.8, 4) is 5.82 Å². The van der Waals surface area contributed by atoms with Crippen molar-refractivity contribution in [1.29, 1.82) is 0 Å². The Balaban J connectivity index is 1.14. The third-order valence-corrected chi connectivity index (χ3v) is 7.91. The fraction of sp³-hybridized carbons (Fsp3) is 0.621. The van der Waals surface area contributed by atoms with Gasteiger partial charge in [-0.25, -0.2) is 13.8 Å². The number of benzene rings is 1. The normalized spacial score (nSPS) is 23.8. The highest BCUT2D eigenvalue weighted by Gasteiger charge is 2.26. The molecule has 1 aliphatic carbocycles. The summed E-state index contributed by atoms with van der Waals surface area (Å²) < 4.78 is 52.7. The Morgan fingerprint density at radius 1 is 0.927 bits per heavy atom. The van der Waals surface area contributed by atoms with Gasteiger partial charge < -0.3 is 29.2 Å². The number of ether oxygens (including phenoxy) is 4. The molecule has 1 unspecified atom stereocenters. The highest BCUT2D eigenvalue weighted by atomic mass is 19.3. The first-order valence-electron chi connectivity index (χ1n) is 14.7. The quantitative estimate of drug-likeness (QED) is 0.341. The predicted molar refractivity (Wildman–Crippen MR) is 150 cm³/mol. The Morgan fingerprint density at radius 2 is 1.73 bits per heavy atom. The van der Waals surface area contributed by atoms with Gasteiger partial charge >= 0.3 is 0 Å². The molecule has 1 N–H and O–H groups in total. The van der Waals surface area contributed by atoms with E-state index in [2.05, 4.69) is 10.3 Å². The van der Waals surface area contributed by atoms with Crippen molar-refractivity contribution in [2.75, 3.05) is 56.3 Å². The van der Waals surface area contributed by atoms with Gasteiger partial charge in [-0.1, -0.05) is 12.1 Å². The molecule has 2 aromatic heterocycles. The summed E-state index contributed by atoms with van der Waals surface area (Å²) in [7, 11) is 0. The van der Waals surface area contributed by atoms with Crippen molar-refractivity contribution in [3.63, 3.8) is 0 Å². The monoisotopic (exact) mass is 572 g/mol. The van der Waals surface area contributed by atoms with E-state index < -0.39 is 6.43 Å². The molecule has 3 aliphatic rings. The highest BCUT2D eigenvalue weighted by molar-refractivity contribution is 5.78. The van der Waals surface area contributed by atoms with E-state index in [4.69, 9.17) is 28.9 Å². The number of anilines is 2. The summed E-state index contributed by atoms with van der Waals surface area (Å²) in [6, 6.07) is 9.06. The molecule has 2 aliphatic heterocycles. The lowest BCUT2D eigenvalue weighted by Crippen LogP contribution is -2.38. The second-order valence-electron chi connectivity index (χ2n) is 10.8. The van der Waals surface area contributed by atoms with Crippen molar-refractivity contribution in [2.24, 2.45) is 0 Å². The largest absolute Gasteiger partial charge is 0.378 e. The molecule has 4 heterocycles. The summed E-state index contributed by atoms with van der Waals surface area (Å²) in [5.41, 5.74) is 1.08. The van der Waals surface area contributed by atoms with Gasteiger partial charge in [0.15, 0.2) is 12.1 Å². The molecule has 0 radical (unpaired) electrons. The minimum Gasteiger partial charge on any atom is -0.378 e. The number of para-hydroxylation sites is 2. The zero-order valence-electron chi connectivity index (χ0n) is 23.2. The number of halogens is 2. The highest BCUT2D eigenvalue weighted by Crippen LogP contribution is 2.30. The van der Waals surface area contributed by atoms with Gasteiger partial charge in [-0.2, -0.15) is 9.97 Å². The number of nitrogens with zero attached hydrogens (tertiary/aromatic N) is 5. The number of hydrogen-bond acceptors (Lipinski definition) is 9. The average molecular weight is 573 g/mol. The van der Waals surface area contributed by atoms with E-state index in [-0.39, 0.29) is 24.3 Å². The Kier molecular flexibility index (Phi) is 9.19. The fourth-order valence-electron chi connectivity index (χ4n) is 5.77. The molecular weight excluding hydrogens is 534 g/mol. The molecule has 222 valence electrons. The second-order valence-corrected chi connectivity index (χ2v) is 10.8. The molecule has 3 aromatic rings. The number of imidazole rings is 1.